The molecule has 0 bridgehead atoms. The number of fused-ring (bicyclic) bond motifs is 2. The number of amides is 1. The zero-order valence-electron chi connectivity index (χ0n) is 23.4. The van der Waals surface area contributed by atoms with Crippen LogP contribution in [0.2, 0.25) is 5.02 Å². The Kier molecular flexibility index (Phi) is 7.12. The number of morpholine rings is 1. The van der Waals surface area contributed by atoms with Gasteiger partial charge in [0.2, 0.25) is 11.8 Å². The van der Waals surface area contributed by atoms with Crippen LogP contribution in [0.5, 0.6) is 5.88 Å². The zero-order valence-corrected chi connectivity index (χ0v) is 24.2. The number of carbonyl (C=O) groups excluding carboxylic acids is 1. The number of hydrogen-bond donors (Lipinski definition) is 2. The van der Waals surface area contributed by atoms with Crippen LogP contribution in [0.25, 0.3) is 22.3 Å². The van der Waals surface area contributed by atoms with Crippen molar-refractivity contribution in [3.05, 3.63) is 29.0 Å². The molecule has 4 aliphatic rings. The van der Waals surface area contributed by atoms with Crippen molar-refractivity contribution >= 4 is 34.7 Å². The average molecular weight is 582 g/mol. The highest BCUT2D eigenvalue weighted by molar-refractivity contribution is 6.30. The molecule has 2 aliphatic carbocycles. The molecule has 41 heavy (non-hydrogen) atoms. The maximum atomic E-state index is 11.9. The quantitative estimate of drug-likeness (QED) is 0.415. The fraction of sp³-hybridized carbons (Fsp3) is 0.586. The summed E-state index contributed by atoms with van der Waals surface area (Å²) < 4.78 is 14.2. The van der Waals surface area contributed by atoms with E-state index >= 15 is 0 Å². The Hall–Kier alpha value is -3.15. The largest absolute Gasteiger partial charge is 0.481 e. The fourth-order valence-corrected chi connectivity index (χ4v) is 7.18. The second-order valence-electron chi connectivity index (χ2n) is 11.8. The topological polar surface area (TPSA) is 116 Å². The number of anilines is 1. The molecule has 7 rings (SSSR count). The maximum absolute atomic E-state index is 11.9. The van der Waals surface area contributed by atoms with Gasteiger partial charge in [-0.25, -0.2) is 19.7 Å². The van der Waals surface area contributed by atoms with Gasteiger partial charge in [-0.15, -0.1) is 5.48 Å². The minimum absolute atomic E-state index is 0.230. The molecule has 3 aromatic rings. The van der Waals surface area contributed by atoms with E-state index < -0.39 is 12.3 Å². The minimum Gasteiger partial charge on any atom is -0.481 e. The average Bonchev–Trinajstić information content (AvgIpc) is 3.72. The van der Waals surface area contributed by atoms with Crippen molar-refractivity contribution in [3.63, 3.8) is 0 Å². The fourth-order valence-electron chi connectivity index (χ4n) is 7.02. The number of nitrogens with zero attached hydrogens (tertiary/aromatic N) is 5. The molecule has 2 N–H and O–H groups in total. The first-order valence-corrected chi connectivity index (χ1v) is 15.1. The zero-order chi connectivity index (χ0) is 28.1. The lowest BCUT2D eigenvalue weighted by atomic mass is 9.83. The third-order valence-corrected chi connectivity index (χ3v) is 9.34. The third-order valence-electron chi connectivity index (χ3n) is 9.13. The molecule has 0 aromatic carbocycles. The predicted molar refractivity (Wildman–Crippen MR) is 154 cm³/mol. The first-order chi connectivity index (χ1) is 20.0. The molecule has 218 valence electrons. The van der Waals surface area contributed by atoms with Crippen LogP contribution in [0.3, 0.4) is 0 Å². The molecule has 0 spiro atoms. The van der Waals surface area contributed by atoms with Gasteiger partial charge < -0.3 is 23.8 Å². The van der Waals surface area contributed by atoms with E-state index in [-0.39, 0.29) is 6.10 Å². The smallest absolute Gasteiger partial charge is 0.427 e. The molecule has 5 heterocycles. The maximum Gasteiger partial charge on any atom is 0.427 e. The molecule has 1 amide bonds. The lowest BCUT2D eigenvalue weighted by Crippen LogP contribution is -2.49. The first kappa shape index (κ1) is 26.7. The van der Waals surface area contributed by atoms with Gasteiger partial charge in [0.05, 0.1) is 53.2 Å². The Morgan fingerprint density at radius 3 is 2.78 bits per heavy atom. The van der Waals surface area contributed by atoms with Crippen molar-refractivity contribution in [2.45, 2.75) is 76.7 Å². The van der Waals surface area contributed by atoms with Gasteiger partial charge in [0, 0.05) is 19.3 Å². The summed E-state index contributed by atoms with van der Waals surface area (Å²) in [6, 6.07) is 4.07. The Bertz CT molecular complexity index is 1460. The van der Waals surface area contributed by atoms with Crippen LogP contribution >= 0.6 is 11.6 Å². The Morgan fingerprint density at radius 1 is 1.15 bits per heavy atom. The van der Waals surface area contributed by atoms with E-state index in [0.29, 0.717) is 46.4 Å². The minimum atomic E-state index is -0.625. The van der Waals surface area contributed by atoms with Crippen molar-refractivity contribution in [1.29, 1.82) is 0 Å². The number of nitrogens with one attached hydrogen (secondary N) is 2. The van der Waals surface area contributed by atoms with Crippen LogP contribution < -0.4 is 20.4 Å². The van der Waals surface area contributed by atoms with Gasteiger partial charge in [-0.2, -0.15) is 0 Å². The van der Waals surface area contributed by atoms with Crippen molar-refractivity contribution in [2.75, 3.05) is 25.2 Å². The number of rotatable bonds is 6. The van der Waals surface area contributed by atoms with E-state index in [1.54, 1.807) is 13.3 Å². The molecule has 12 heteroatoms. The van der Waals surface area contributed by atoms with Crippen molar-refractivity contribution in [3.8, 4) is 17.1 Å². The summed E-state index contributed by atoms with van der Waals surface area (Å²) >= 11 is 6.48. The number of imidazole rings is 1. The molecule has 2 aliphatic heterocycles. The van der Waals surface area contributed by atoms with Crippen LogP contribution in [0.4, 0.5) is 10.7 Å². The van der Waals surface area contributed by atoms with Crippen LogP contribution in [-0.4, -0.2) is 58.0 Å². The number of hydroxylamine groups is 1. The van der Waals surface area contributed by atoms with Gasteiger partial charge in [0.25, 0.3) is 0 Å². The Morgan fingerprint density at radius 2 is 2.00 bits per heavy atom. The molecule has 2 saturated carbocycles. The molecule has 1 unspecified atom stereocenters. The summed E-state index contributed by atoms with van der Waals surface area (Å²) in [6.07, 6.45) is 8.79. The van der Waals surface area contributed by atoms with Gasteiger partial charge >= 0.3 is 6.09 Å². The Labute approximate surface area is 243 Å². The van der Waals surface area contributed by atoms with E-state index in [9.17, 15) is 4.79 Å². The highest BCUT2D eigenvalue weighted by Crippen LogP contribution is 2.41. The molecule has 3 atom stereocenters. The summed E-state index contributed by atoms with van der Waals surface area (Å²) in [5.74, 6) is 2.68. The number of halogens is 1. The molecular formula is C29H36ClN7O4. The predicted octanol–water partition coefficient (Wildman–Crippen LogP) is 4.98. The van der Waals surface area contributed by atoms with Gasteiger partial charge in [-0.3, -0.25) is 5.32 Å². The number of ether oxygens (including phenoxy) is 2. The number of carbonyl (C=O) groups is 1. The van der Waals surface area contributed by atoms with Crippen LogP contribution in [0, 0.1) is 11.8 Å². The van der Waals surface area contributed by atoms with Crippen LogP contribution in [0.15, 0.2) is 18.3 Å². The third kappa shape index (κ3) is 4.97. The number of hydrogen-bond acceptors (Lipinski definition) is 9. The monoisotopic (exact) mass is 581 g/mol. The second kappa shape index (κ2) is 10.9. The van der Waals surface area contributed by atoms with Crippen LogP contribution in [0.1, 0.15) is 63.7 Å². The summed E-state index contributed by atoms with van der Waals surface area (Å²) in [4.78, 5) is 34.2. The summed E-state index contributed by atoms with van der Waals surface area (Å²) in [5, 5.41) is 3.25. The van der Waals surface area contributed by atoms with E-state index in [1.165, 1.54) is 25.7 Å². The first-order valence-electron chi connectivity index (χ1n) is 14.7. The van der Waals surface area contributed by atoms with Gasteiger partial charge in [0.1, 0.15) is 5.69 Å². The van der Waals surface area contributed by atoms with E-state index in [1.807, 2.05) is 12.1 Å². The number of aromatic nitrogens is 4. The molecule has 4 fully saturated rings. The molecule has 3 aromatic heterocycles. The Balaban J connectivity index is 1.44. The van der Waals surface area contributed by atoms with Crippen molar-refractivity contribution in [1.82, 2.24) is 30.3 Å². The molecule has 0 radical (unpaired) electrons. The lowest BCUT2D eigenvalue weighted by molar-refractivity contribution is 0.0247. The standard InChI is InChI=1S/C29H36ClN7O4/c1-16-6-8-17(9-7-16)15-37-25-20(33-28(37)36-10-11-40-23-5-3-4-22(23)36)13-21(26-34-29(38)41-35-26)32-24(25)19-12-18(30)14-31-27(19)39-2/h12-14,16-17,22-23,26,35H,3-11,15H2,1-2H3,(H,34,38)/t16?,17?,22-,23-,26?/m0/s1. The second-order valence-corrected chi connectivity index (χ2v) is 12.2. The highest BCUT2D eigenvalue weighted by atomic mass is 35.5. The van der Waals surface area contributed by atoms with Gasteiger partial charge in [-0.1, -0.05) is 31.4 Å². The van der Waals surface area contributed by atoms with Gasteiger partial charge in [-0.05, 0) is 56.1 Å². The summed E-state index contributed by atoms with van der Waals surface area (Å²) in [7, 11) is 1.59. The summed E-state index contributed by atoms with van der Waals surface area (Å²) in [5.41, 5.74) is 6.33. The molecule has 11 nitrogen and oxygen atoms in total. The number of methoxy groups -OCH3 is 1. The normalized spacial score (nSPS) is 28.0. The lowest BCUT2D eigenvalue weighted by Gasteiger charge is -2.39. The number of pyridine rings is 2. The van der Waals surface area contributed by atoms with Crippen LogP contribution in [-0.2, 0) is 16.1 Å². The van der Waals surface area contributed by atoms with E-state index in [0.717, 1.165) is 55.3 Å². The SMILES string of the molecule is COc1ncc(Cl)cc1-c1nc(C2NOC(=O)N2)cc2nc(N3CCO[C@H]4CCC[C@@H]43)n(CC3CCC(C)CC3)c12. The highest BCUT2D eigenvalue weighted by Gasteiger charge is 2.39. The van der Waals surface area contributed by atoms with Crippen molar-refractivity contribution < 1.29 is 19.1 Å². The molecule has 2 saturated heterocycles. The molecular weight excluding hydrogens is 546 g/mol. The van der Waals surface area contributed by atoms with Gasteiger partial charge in [0.15, 0.2) is 6.17 Å². The van der Waals surface area contributed by atoms with Crippen molar-refractivity contribution in [2.24, 2.45) is 11.8 Å². The van der Waals surface area contributed by atoms with E-state index in [2.05, 4.69) is 32.2 Å². The van der Waals surface area contributed by atoms with E-state index in [4.69, 9.17) is 35.9 Å². The summed E-state index contributed by atoms with van der Waals surface area (Å²) in [6.45, 7) is 4.67.